The number of allylic oxidation sites excluding steroid dienone is 2. The van der Waals surface area contributed by atoms with Crippen molar-refractivity contribution in [3.05, 3.63) is 35.9 Å². The molecule has 7 heteroatoms. The molecule has 0 N–H and O–H groups in total. The number of methoxy groups -OCH3 is 2. The van der Waals surface area contributed by atoms with E-state index in [-0.39, 0.29) is 47.9 Å². The van der Waals surface area contributed by atoms with Gasteiger partial charge in [-0.15, -0.1) is 0 Å². The highest BCUT2D eigenvalue weighted by molar-refractivity contribution is 6.08. The number of carbonyl (C=O) groups excluding carboxylic acids is 3. The van der Waals surface area contributed by atoms with Crippen molar-refractivity contribution in [2.75, 3.05) is 27.8 Å². The van der Waals surface area contributed by atoms with Crippen LogP contribution in [0.3, 0.4) is 0 Å². The molecule has 0 aromatic heterocycles. The zero-order chi connectivity index (χ0) is 20.0. The van der Waals surface area contributed by atoms with E-state index in [4.69, 9.17) is 9.47 Å². The standard InChI is InChI=1S/C21H24N2O5/c1-22(10-14-6-7-15(27-2)9-16(14)28-3)17(24)11-23-20(25)18-12-4-5-13(8-12)19(18)21(23)26/h4-7,9,12-13,18-19H,8,10-11H2,1-3H3/t12-,13+,18-,19-/m0/s1. The lowest BCUT2D eigenvalue weighted by molar-refractivity contribution is -0.146. The van der Waals surface area contributed by atoms with Crippen LogP contribution in [-0.2, 0) is 20.9 Å². The number of hydrogen-bond acceptors (Lipinski definition) is 5. The maximum atomic E-state index is 12.7. The molecule has 1 aromatic rings. The number of rotatable bonds is 6. The van der Waals surface area contributed by atoms with Crippen LogP contribution in [0.1, 0.15) is 12.0 Å². The molecule has 1 saturated heterocycles. The van der Waals surface area contributed by atoms with E-state index >= 15 is 0 Å². The minimum Gasteiger partial charge on any atom is -0.497 e. The molecule has 28 heavy (non-hydrogen) atoms. The first-order valence-corrected chi connectivity index (χ1v) is 9.43. The Kier molecular flexibility index (Phi) is 4.61. The molecule has 1 aliphatic heterocycles. The molecule has 3 amide bonds. The Morgan fingerprint density at radius 2 is 1.75 bits per heavy atom. The van der Waals surface area contributed by atoms with Crippen LogP contribution >= 0.6 is 0 Å². The summed E-state index contributed by atoms with van der Waals surface area (Å²) in [6, 6.07) is 5.39. The number of imide groups is 1. The van der Waals surface area contributed by atoms with Crippen LogP contribution in [0.2, 0.25) is 0 Å². The number of likely N-dealkylation sites (tertiary alicyclic amines) is 1. The Balaban J connectivity index is 1.43. The van der Waals surface area contributed by atoms with Crippen LogP contribution in [-0.4, -0.2) is 55.3 Å². The van der Waals surface area contributed by atoms with Crippen molar-refractivity contribution in [3.8, 4) is 11.5 Å². The van der Waals surface area contributed by atoms with E-state index in [1.807, 2.05) is 18.2 Å². The Morgan fingerprint density at radius 1 is 1.11 bits per heavy atom. The van der Waals surface area contributed by atoms with Crippen molar-refractivity contribution in [1.29, 1.82) is 0 Å². The molecular weight excluding hydrogens is 360 g/mol. The van der Waals surface area contributed by atoms with Crippen LogP contribution in [0.5, 0.6) is 11.5 Å². The number of amides is 3. The lowest BCUT2D eigenvalue weighted by Gasteiger charge is -2.23. The molecule has 148 valence electrons. The molecule has 0 unspecified atom stereocenters. The van der Waals surface area contributed by atoms with Gasteiger partial charge in [-0.1, -0.05) is 12.2 Å². The number of fused-ring (bicyclic) bond motifs is 5. The smallest absolute Gasteiger partial charge is 0.242 e. The molecule has 0 radical (unpaired) electrons. The fourth-order valence-corrected chi connectivity index (χ4v) is 4.70. The van der Waals surface area contributed by atoms with Gasteiger partial charge >= 0.3 is 0 Å². The van der Waals surface area contributed by atoms with E-state index in [0.717, 1.165) is 16.9 Å². The molecule has 4 atom stereocenters. The average molecular weight is 384 g/mol. The normalized spacial score (nSPS) is 27.3. The molecule has 4 rings (SSSR count). The lowest BCUT2D eigenvalue weighted by atomic mass is 9.85. The van der Waals surface area contributed by atoms with Gasteiger partial charge < -0.3 is 14.4 Å². The third-order valence-corrected chi connectivity index (χ3v) is 6.18. The summed E-state index contributed by atoms with van der Waals surface area (Å²) in [5.74, 6) is 0.346. The quantitative estimate of drug-likeness (QED) is 0.548. The van der Waals surface area contributed by atoms with Gasteiger partial charge in [-0.25, -0.2) is 0 Å². The molecule has 7 nitrogen and oxygen atoms in total. The van der Waals surface area contributed by atoms with Crippen molar-refractivity contribution in [2.24, 2.45) is 23.7 Å². The average Bonchev–Trinajstić information content (AvgIpc) is 3.38. The number of benzene rings is 1. The summed E-state index contributed by atoms with van der Waals surface area (Å²) in [4.78, 5) is 40.9. The van der Waals surface area contributed by atoms with Gasteiger partial charge in [0.25, 0.3) is 0 Å². The Hall–Kier alpha value is -2.83. The second-order valence-electron chi connectivity index (χ2n) is 7.69. The van der Waals surface area contributed by atoms with Gasteiger partial charge in [0.2, 0.25) is 17.7 Å². The van der Waals surface area contributed by atoms with Gasteiger partial charge in [-0.2, -0.15) is 0 Å². The maximum Gasteiger partial charge on any atom is 0.242 e. The highest BCUT2D eigenvalue weighted by atomic mass is 16.5. The van der Waals surface area contributed by atoms with E-state index in [0.29, 0.717) is 18.0 Å². The van der Waals surface area contributed by atoms with Gasteiger partial charge in [-0.3, -0.25) is 19.3 Å². The van der Waals surface area contributed by atoms with Gasteiger partial charge in [0, 0.05) is 25.2 Å². The van der Waals surface area contributed by atoms with Gasteiger partial charge in [0.1, 0.15) is 18.0 Å². The topological polar surface area (TPSA) is 76.2 Å². The minimum atomic E-state index is -0.278. The summed E-state index contributed by atoms with van der Waals surface area (Å²) < 4.78 is 10.6. The number of carbonyl (C=O) groups is 3. The summed E-state index contributed by atoms with van der Waals surface area (Å²) in [6.45, 7) is 0.0982. The van der Waals surface area contributed by atoms with Crippen LogP contribution < -0.4 is 9.47 Å². The molecule has 3 aliphatic rings. The summed E-state index contributed by atoms with van der Waals surface area (Å²) in [5, 5.41) is 0. The molecule has 2 aliphatic carbocycles. The van der Waals surface area contributed by atoms with E-state index < -0.39 is 0 Å². The number of ether oxygens (including phenoxy) is 2. The molecule has 2 fully saturated rings. The van der Waals surface area contributed by atoms with Gasteiger partial charge in [0.05, 0.1) is 26.1 Å². The molecule has 1 saturated carbocycles. The zero-order valence-corrected chi connectivity index (χ0v) is 16.3. The molecule has 1 heterocycles. The van der Waals surface area contributed by atoms with Crippen molar-refractivity contribution in [3.63, 3.8) is 0 Å². The van der Waals surface area contributed by atoms with E-state index in [2.05, 4.69) is 0 Å². The maximum absolute atomic E-state index is 12.7. The van der Waals surface area contributed by atoms with Crippen LogP contribution in [0.4, 0.5) is 0 Å². The van der Waals surface area contributed by atoms with Crippen LogP contribution in [0.15, 0.2) is 30.4 Å². The Bertz CT molecular complexity index is 834. The van der Waals surface area contributed by atoms with E-state index in [1.165, 1.54) is 4.90 Å². The first-order chi connectivity index (χ1) is 13.4. The molecule has 2 bridgehead atoms. The lowest BCUT2D eigenvalue weighted by Crippen LogP contribution is -2.42. The largest absolute Gasteiger partial charge is 0.497 e. The monoisotopic (exact) mass is 384 g/mol. The molecule has 0 spiro atoms. The summed E-state index contributed by atoms with van der Waals surface area (Å²) in [7, 11) is 4.79. The third kappa shape index (κ3) is 2.85. The highest BCUT2D eigenvalue weighted by Crippen LogP contribution is 2.52. The van der Waals surface area contributed by atoms with Crippen LogP contribution in [0.25, 0.3) is 0 Å². The van der Waals surface area contributed by atoms with Crippen molar-refractivity contribution < 1.29 is 23.9 Å². The second-order valence-corrected chi connectivity index (χ2v) is 7.69. The third-order valence-electron chi connectivity index (χ3n) is 6.18. The minimum absolute atomic E-state index is 0.146. The van der Waals surface area contributed by atoms with E-state index in [1.54, 1.807) is 33.4 Å². The van der Waals surface area contributed by atoms with Crippen LogP contribution in [0, 0.1) is 23.7 Å². The van der Waals surface area contributed by atoms with E-state index in [9.17, 15) is 14.4 Å². The fraction of sp³-hybridized carbons (Fsp3) is 0.476. The van der Waals surface area contributed by atoms with Crippen molar-refractivity contribution in [1.82, 2.24) is 9.80 Å². The first-order valence-electron chi connectivity index (χ1n) is 9.43. The second kappa shape index (κ2) is 6.96. The Labute approximate surface area is 163 Å². The van der Waals surface area contributed by atoms with Gasteiger partial charge in [0.15, 0.2) is 0 Å². The fourth-order valence-electron chi connectivity index (χ4n) is 4.70. The predicted molar refractivity (Wildman–Crippen MR) is 100 cm³/mol. The van der Waals surface area contributed by atoms with Crippen molar-refractivity contribution in [2.45, 2.75) is 13.0 Å². The first kappa shape index (κ1) is 18.5. The number of hydrogen-bond donors (Lipinski definition) is 0. The summed E-state index contributed by atoms with van der Waals surface area (Å²) in [5.41, 5.74) is 0.817. The van der Waals surface area contributed by atoms with Gasteiger partial charge in [-0.05, 0) is 30.4 Å². The molecular formula is C21H24N2O5. The SMILES string of the molecule is COc1ccc(CN(C)C(=O)CN2C(=O)[C@@H]3[C@@H](C2=O)[C@H]2C=C[C@@H]3C2)c(OC)c1. The number of nitrogens with zero attached hydrogens (tertiary/aromatic N) is 2. The zero-order valence-electron chi connectivity index (χ0n) is 16.3. The summed E-state index contributed by atoms with van der Waals surface area (Å²) in [6.07, 6.45) is 4.97. The Morgan fingerprint density at radius 3 is 2.32 bits per heavy atom. The molecule has 1 aromatic carbocycles. The summed E-state index contributed by atoms with van der Waals surface area (Å²) >= 11 is 0. The number of likely N-dealkylation sites (N-methyl/N-ethyl adjacent to an activating group) is 1. The highest BCUT2D eigenvalue weighted by Gasteiger charge is 2.59. The van der Waals surface area contributed by atoms with Crippen molar-refractivity contribution >= 4 is 17.7 Å². The predicted octanol–water partition coefficient (Wildman–Crippen LogP) is 1.47.